The van der Waals surface area contributed by atoms with Gasteiger partial charge in [-0.2, -0.15) is 0 Å². The lowest BCUT2D eigenvalue weighted by Gasteiger charge is -2.28. The molecule has 1 aliphatic rings. The molecule has 7 nitrogen and oxygen atoms in total. The first-order valence-electron chi connectivity index (χ1n) is 9.17. The van der Waals surface area contributed by atoms with Crippen LogP contribution < -0.4 is 25.8 Å². The summed E-state index contributed by atoms with van der Waals surface area (Å²) in [5, 5.41) is 5.61. The molecule has 0 atom stereocenters. The van der Waals surface area contributed by atoms with E-state index in [4.69, 9.17) is 4.74 Å². The molecular formula is C22H19N3O4. The van der Waals surface area contributed by atoms with Gasteiger partial charge in [-0.3, -0.25) is 24.6 Å². The molecule has 2 N–H and O–H groups in total. The van der Waals surface area contributed by atoms with E-state index in [1.165, 1.54) is 4.90 Å². The van der Waals surface area contributed by atoms with Crippen molar-refractivity contribution in [2.24, 2.45) is 0 Å². The second-order valence-corrected chi connectivity index (χ2v) is 6.56. The quantitative estimate of drug-likeness (QED) is 0.697. The number of hydrogen-bond donors (Lipinski definition) is 2. The maximum Gasteiger partial charge on any atom is 0.271 e. The number of carbonyl (C=O) groups is 2. The lowest BCUT2D eigenvalue weighted by molar-refractivity contribution is -0.113. The number of methoxy groups -OCH3 is 1. The number of anilines is 1. The molecule has 0 saturated carbocycles. The third-order valence-electron chi connectivity index (χ3n) is 4.91. The van der Waals surface area contributed by atoms with Gasteiger partial charge in [-0.1, -0.05) is 24.3 Å². The molecule has 0 fully saturated rings. The van der Waals surface area contributed by atoms with Crippen molar-refractivity contribution in [1.82, 2.24) is 10.2 Å². The summed E-state index contributed by atoms with van der Waals surface area (Å²) in [4.78, 5) is 40.3. The van der Waals surface area contributed by atoms with E-state index in [0.717, 1.165) is 0 Å². The number of hydrogen-bond acceptors (Lipinski definition) is 4. The molecule has 4 rings (SSSR count). The van der Waals surface area contributed by atoms with Crippen LogP contribution in [0.1, 0.15) is 22.8 Å². The van der Waals surface area contributed by atoms with Crippen molar-refractivity contribution in [3.05, 3.63) is 80.6 Å². The molecule has 3 aromatic rings. The van der Waals surface area contributed by atoms with Gasteiger partial charge in [0.25, 0.3) is 11.5 Å². The molecule has 1 amide bonds. The summed E-state index contributed by atoms with van der Waals surface area (Å²) in [7, 11) is 1.56. The van der Waals surface area contributed by atoms with Crippen LogP contribution in [0, 0.1) is 0 Å². The highest BCUT2D eigenvalue weighted by atomic mass is 16.5. The van der Waals surface area contributed by atoms with Crippen LogP contribution in [-0.2, 0) is 4.79 Å². The van der Waals surface area contributed by atoms with Gasteiger partial charge in [0.15, 0.2) is 0 Å². The predicted molar refractivity (Wildman–Crippen MR) is 109 cm³/mol. The number of ether oxygens (including phenoxy) is 1. The molecule has 0 unspecified atom stereocenters. The Balaban J connectivity index is 2.02. The number of nitrogens with one attached hydrogen (secondary N) is 2. The van der Waals surface area contributed by atoms with Crippen LogP contribution in [0.4, 0.5) is 5.69 Å². The van der Waals surface area contributed by atoms with Gasteiger partial charge in [0, 0.05) is 12.1 Å². The molecule has 2 heterocycles. The average molecular weight is 389 g/mol. The number of benzene rings is 2. The Morgan fingerprint density at radius 2 is 1.83 bits per heavy atom. The maximum atomic E-state index is 13.1. The number of H-pyrrole nitrogens is 2. The fourth-order valence-electron chi connectivity index (χ4n) is 3.51. The Hall–Kier alpha value is -3.87. The zero-order chi connectivity index (χ0) is 20.5. The van der Waals surface area contributed by atoms with Crippen molar-refractivity contribution in [2.75, 3.05) is 18.6 Å². The molecular weight excluding hydrogens is 370 g/mol. The SMILES string of the molecule is CCN1C(=O)C(=c2[nH][nH]c(=O)c2=Cc2cccc(OC)c2)C(=O)c2ccccc21. The van der Waals surface area contributed by atoms with Gasteiger partial charge in [0.2, 0.25) is 5.78 Å². The number of aromatic nitrogens is 2. The van der Waals surface area contributed by atoms with E-state index >= 15 is 0 Å². The number of amides is 1. The Morgan fingerprint density at radius 1 is 1.03 bits per heavy atom. The summed E-state index contributed by atoms with van der Waals surface area (Å²) in [5.74, 6) is -0.214. The van der Waals surface area contributed by atoms with Crippen LogP contribution in [0.3, 0.4) is 0 Å². The van der Waals surface area contributed by atoms with Crippen molar-refractivity contribution in [3.63, 3.8) is 0 Å². The number of ketones is 1. The molecule has 29 heavy (non-hydrogen) atoms. The summed E-state index contributed by atoms with van der Waals surface area (Å²) in [6.07, 6.45) is 1.62. The van der Waals surface area contributed by atoms with Crippen LogP contribution in [-0.4, -0.2) is 35.5 Å². The minimum atomic E-state index is -0.438. The third-order valence-corrected chi connectivity index (χ3v) is 4.91. The number of rotatable bonds is 3. The molecule has 146 valence electrons. The summed E-state index contributed by atoms with van der Waals surface area (Å²) in [5.41, 5.74) is 1.24. The summed E-state index contributed by atoms with van der Waals surface area (Å²) in [6, 6.07) is 14.1. The normalized spacial score (nSPS) is 16.2. The molecule has 7 heteroatoms. The molecule has 0 bridgehead atoms. The average Bonchev–Trinajstić information content (AvgIpc) is 3.09. The van der Waals surface area contributed by atoms with Gasteiger partial charge in [-0.25, -0.2) is 0 Å². The number of para-hydroxylation sites is 1. The number of nitrogens with zero attached hydrogens (tertiary/aromatic N) is 1. The number of Topliss-reactive ketones (excluding diaryl/α,β-unsaturated/α-hetero) is 1. The smallest absolute Gasteiger partial charge is 0.271 e. The Morgan fingerprint density at radius 3 is 2.59 bits per heavy atom. The van der Waals surface area contributed by atoms with E-state index < -0.39 is 17.2 Å². The van der Waals surface area contributed by atoms with Gasteiger partial charge in [-0.15, -0.1) is 0 Å². The second-order valence-electron chi connectivity index (χ2n) is 6.56. The highest BCUT2D eigenvalue weighted by molar-refractivity contribution is 6.51. The Kier molecular flexibility index (Phi) is 4.64. The van der Waals surface area contributed by atoms with Crippen LogP contribution in [0.15, 0.2) is 53.3 Å². The first kappa shape index (κ1) is 18.5. The zero-order valence-corrected chi connectivity index (χ0v) is 16.0. The predicted octanol–water partition coefficient (Wildman–Crippen LogP) is 0.941. The first-order valence-corrected chi connectivity index (χ1v) is 9.17. The van der Waals surface area contributed by atoms with Crippen LogP contribution in [0.25, 0.3) is 11.6 Å². The van der Waals surface area contributed by atoms with E-state index in [0.29, 0.717) is 29.1 Å². The molecule has 0 saturated heterocycles. The standard InChI is InChI=1S/C22H19N3O4/c1-3-25-17-10-5-4-9-15(17)20(26)18(22(25)28)19-16(21(27)24-23-19)12-13-7-6-8-14(11-13)29-2/h4-12,23H,3H2,1-2H3,(H,24,27). The topological polar surface area (TPSA) is 95.3 Å². The largest absolute Gasteiger partial charge is 0.497 e. The van der Waals surface area contributed by atoms with Gasteiger partial charge in [0.05, 0.1) is 23.4 Å². The lowest BCUT2D eigenvalue weighted by atomic mass is 9.94. The van der Waals surface area contributed by atoms with E-state index in [1.807, 2.05) is 13.0 Å². The van der Waals surface area contributed by atoms with E-state index in [-0.39, 0.29) is 16.1 Å². The van der Waals surface area contributed by atoms with Gasteiger partial charge in [-0.05, 0) is 42.8 Å². The Bertz CT molecular complexity index is 1300. The molecule has 0 radical (unpaired) electrons. The molecule has 0 spiro atoms. The Labute approximate surface area is 165 Å². The molecule has 1 aromatic heterocycles. The maximum absolute atomic E-state index is 13.1. The minimum Gasteiger partial charge on any atom is -0.497 e. The van der Waals surface area contributed by atoms with Crippen molar-refractivity contribution < 1.29 is 14.3 Å². The minimum absolute atomic E-state index is 0.0574. The van der Waals surface area contributed by atoms with Gasteiger partial charge < -0.3 is 9.64 Å². The van der Waals surface area contributed by atoms with Gasteiger partial charge >= 0.3 is 0 Å². The summed E-state index contributed by atoms with van der Waals surface area (Å²) in [6.45, 7) is 2.24. The van der Waals surface area contributed by atoms with Gasteiger partial charge in [0.1, 0.15) is 11.3 Å². The lowest BCUT2D eigenvalue weighted by Crippen LogP contribution is -2.45. The first-order chi connectivity index (χ1) is 14.0. The number of fused-ring (bicyclic) bond motifs is 1. The van der Waals surface area contributed by atoms with Crippen molar-refractivity contribution >= 4 is 29.0 Å². The van der Waals surface area contributed by atoms with Crippen molar-refractivity contribution in [2.45, 2.75) is 6.92 Å². The fraction of sp³-hybridized carbons (Fsp3) is 0.136. The van der Waals surface area contributed by atoms with E-state index in [1.54, 1.807) is 55.7 Å². The molecule has 2 aromatic carbocycles. The van der Waals surface area contributed by atoms with Crippen molar-refractivity contribution in [3.8, 4) is 5.75 Å². The van der Waals surface area contributed by atoms with Crippen LogP contribution >= 0.6 is 0 Å². The van der Waals surface area contributed by atoms with Crippen LogP contribution in [0.5, 0.6) is 5.75 Å². The second kappa shape index (κ2) is 7.27. The van der Waals surface area contributed by atoms with E-state index in [9.17, 15) is 14.4 Å². The third kappa shape index (κ3) is 3.06. The molecule has 1 aliphatic heterocycles. The van der Waals surface area contributed by atoms with Crippen LogP contribution in [0.2, 0.25) is 0 Å². The fourth-order valence-corrected chi connectivity index (χ4v) is 3.51. The molecule has 0 aliphatic carbocycles. The van der Waals surface area contributed by atoms with Crippen molar-refractivity contribution in [1.29, 1.82) is 0 Å². The highest BCUT2D eigenvalue weighted by Gasteiger charge is 2.35. The number of carbonyl (C=O) groups excluding carboxylic acids is 2. The van der Waals surface area contributed by atoms with E-state index in [2.05, 4.69) is 10.2 Å². The number of aromatic amines is 2. The monoisotopic (exact) mass is 389 g/mol. The summed E-state index contributed by atoms with van der Waals surface area (Å²) >= 11 is 0. The zero-order valence-electron chi connectivity index (χ0n) is 16.0. The summed E-state index contributed by atoms with van der Waals surface area (Å²) < 4.78 is 5.22. The highest BCUT2D eigenvalue weighted by Crippen LogP contribution is 2.29.